The second kappa shape index (κ2) is 5.56. The fraction of sp³-hybridized carbons (Fsp3) is 0.600. The van der Waals surface area contributed by atoms with Crippen LogP contribution >= 0.6 is 23.4 Å². The first-order chi connectivity index (χ1) is 6.65. The van der Waals surface area contributed by atoms with Gasteiger partial charge in [-0.05, 0) is 26.0 Å². The van der Waals surface area contributed by atoms with Gasteiger partial charge in [-0.1, -0.05) is 24.9 Å². The summed E-state index contributed by atoms with van der Waals surface area (Å²) in [6.07, 6.45) is 2.43. The molecule has 0 aliphatic heterocycles. The molecule has 14 heavy (non-hydrogen) atoms. The monoisotopic (exact) mass is 230 g/mol. The maximum atomic E-state index is 5.97. The lowest BCUT2D eigenvalue weighted by Gasteiger charge is -2.06. The van der Waals surface area contributed by atoms with Gasteiger partial charge in [0.05, 0.1) is 0 Å². The first-order valence-corrected chi connectivity index (χ1v) is 6.15. The van der Waals surface area contributed by atoms with Gasteiger partial charge in [-0.15, -0.1) is 11.8 Å². The number of hydrogen-bond acceptors (Lipinski definition) is 3. The van der Waals surface area contributed by atoms with Gasteiger partial charge >= 0.3 is 0 Å². The van der Waals surface area contributed by atoms with E-state index in [1.807, 2.05) is 13.8 Å². The largest absolute Gasteiger partial charge is 0.227 e. The molecule has 0 spiro atoms. The van der Waals surface area contributed by atoms with Crippen LogP contribution in [0.25, 0.3) is 0 Å². The molecule has 0 N–H and O–H groups in total. The average molecular weight is 231 g/mol. The van der Waals surface area contributed by atoms with E-state index in [9.17, 15) is 0 Å². The molecule has 2 nitrogen and oxygen atoms in total. The van der Waals surface area contributed by atoms with Crippen molar-refractivity contribution in [3.63, 3.8) is 0 Å². The van der Waals surface area contributed by atoms with Gasteiger partial charge in [0, 0.05) is 5.56 Å². The van der Waals surface area contributed by atoms with Gasteiger partial charge in [0.1, 0.15) is 16.0 Å². The van der Waals surface area contributed by atoms with E-state index in [0.717, 1.165) is 22.2 Å². The highest BCUT2D eigenvalue weighted by atomic mass is 35.5. The Morgan fingerprint density at radius 3 is 2.64 bits per heavy atom. The van der Waals surface area contributed by atoms with Crippen LogP contribution in [0.4, 0.5) is 0 Å². The van der Waals surface area contributed by atoms with Crippen molar-refractivity contribution in [2.45, 2.75) is 38.6 Å². The van der Waals surface area contributed by atoms with Crippen molar-refractivity contribution in [2.75, 3.05) is 5.75 Å². The van der Waals surface area contributed by atoms with E-state index in [-0.39, 0.29) is 0 Å². The number of hydrogen-bond donors (Lipinski definition) is 0. The molecule has 0 saturated heterocycles. The first-order valence-electron chi connectivity index (χ1n) is 4.78. The zero-order valence-corrected chi connectivity index (χ0v) is 10.4. The number of rotatable bonds is 4. The SMILES string of the molecule is CCCCSc1nc(C)nc(Cl)c1C. The predicted octanol–water partition coefficient (Wildman–Crippen LogP) is 3.64. The topological polar surface area (TPSA) is 25.8 Å². The Hall–Kier alpha value is -0.280. The van der Waals surface area contributed by atoms with Gasteiger partial charge in [0.2, 0.25) is 0 Å². The van der Waals surface area contributed by atoms with Gasteiger partial charge in [-0.25, -0.2) is 9.97 Å². The molecule has 78 valence electrons. The maximum Gasteiger partial charge on any atom is 0.136 e. The third-order valence-electron chi connectivity index (χ3n) is 1.89. The maximum absolute atomic E-state index is 5.97. The normalized spacial score (nSPS) is 10.6. The number of unbranched alkanes of at least 4 members (excludes halogenated alkanes) is 1. The highest BCUT2D eigenvalue weighted by molar-refractivity contribution is 7.99. The van der Waals surface area contributed by atoms with Crippen molar-refractivity contribution in [1.82, 2.24) is 9.97 Å². The van der Waals surface area contributed by atoms with Crippen molar-refractivity contribution >= 4 is 23.4 Å². The summed E-state index contributed by atoms with van der Waals surface area (Å²) >= 11 is 7.73. The van der Waals surface area contributed by atoms with Crippen molar-refractivity contribution in [2.24, 2.45) is 0 Å². The fourth-order valence-corrected chi connectivity index (χ4v) is 2.43. The second-order valence-corrected chi connectivity index (χ2v) is 4.64. The fourth-order valence-electron chi connectivity index (χ4n) is 1.02. The summed E-state index contributed by atoms with van der Waals surface area (Å²) in [4.78, 5) is 8.48. The van der Waals surface area contributed by atoms with Crippen LogP contribution in [0.1, 0.15) is 31.2 Å². The molecule has 0 aliphatic carbocycles. The Labute approximate surface area is 94.5 Å². The molecule has 0 saturated carbocycles. The summed E-state index contributed by atoms with van der Waals surface area (Å²) in [6.45, 7) is 6.02. The number of aryl methyl sites for hydroxylation is 1. The van der Waals surface area contributed by atoms with Gasteiger partial charge in [-0.3, -0.25) is 0 Å². The van der Waals surface area contributed by atoms with E-state index in [0.29, 0.717) is 5.15 Å². The third-order valence-corrected chi connectivity index (χ3v) is 3.42. The molecule has 0 unspecified atom stereocenters. The quantitative estimate of drug-likeness (QED) is 0.449. The van der Waals surface area contributed by atoms with Gasteiger partial charge in [0.25, 0.3) is 0 Å². The molecular weight excluding hydrogens is 216 g/mol. The minimum absolute atomic E-state index is 0.580. The van der Waals surface area contributed by atoms with Crippen molar-refractivity contribution < 1.29 is 0 Å². The van der Waals surface area contributed by atoms with E-state index in [4.69, 9.17) is 11.6 Å². The lowest BCUT2D eigenvalue weighted by atomic mass is 10.4. The Balaban J connectivity index is 2.75. The van der Waals surface area contributed by atoms with Crippen molar-refractivity contribution in [3.8, 4) is 0 Å². The predicted molar refractivity (Wildman–Crippen MR) is 62.1 cm³/mol. The van der Waals surface area contributed by atoms with Gasteiger partial charge < -0.3 is 0 Å². The standard InChI is InChI=1S/C10H15ClN2S/c1-4-5-6-14-10-7(2)9(11)12-8(3)13-10/h4-6H2,1-3H3. The van der Waals surface area contributed by atoms with Crippen LogP contribution in [0.5, 0.6) is 0 Å². The summed E-state index contributed by atoms with van der Waals surface area (Å²) < 4.78 is 0. The van der Waals surface area contributed by atoms with E-state index < -0.39 is 0 Å². The second-order valence-electron chi connectivity index (χ2n) is 3.19. The summed E-state index contributed by atoms with van der Waals surface area (Å²) in [7, 11) is 0. The van der Waals surface area contributed by atoms with E-state index >= 15 is 0 Å². The van der Waals surface area contributed by atoms with Crippen LogP contribution in [0.2, 0.25) is 5.15 Å². The van der Waals surface area contributed by atoms with Crippen LogP contribution in [-0.4, -0.2) is 15.7 Å². The molecule has 1 aromatic heterocycles. The Kier molecular flexibility index (Phi) is 4.69. The molecule has 1 aromatic rings. The van der Waals surface area contributed by atoms with Gasteiger partial charge in [-0.2, -0.15) is 0 Å². The Bertz CT molecular complexity index is 315. The summed E-state index contributed by atoms with van der Waals surface area (Å²) in [5.74, 6) is 1.85. The number of thioether (sulfide) groups is 1. The zero-order chi connectivity index (χ0) is 10.6. The molecule has 0 aliphatic rings. The molecule has 0 atom stereocenters. The van der Waals surface area contributed by atoms with E-state index in [1.54, 1.807) is 11.8 Å². The van der Waals surface area contributed by atoms with Crippen molar-refractivity contribution in [3.05, 3.63) is 16.5 Å². The molecule has 4 heteroatoms. The molecule has 0 aromatic carbocycles. The van der Waals surface area contributed by atoms with E-state index in [1.165, 1.54) is 12.8 Å². The molecule has 1 heterocycles. The third kappa shape index (κ3) is 3.14. The number of nitrogens with zero attached hydrogens (tertiary/aromatic N) is 2. The summed E-state index contributed by atoms with van der Waals surface area (Å²) in [5, 5.41) is 1.60. The highest BCUT2D eigenvalue weighted by Gasteiger charge is 2.07. The smallest absolute Gasteiger partial charge is 0.136 e. The van der Waals surface area contributed by atoms with Crippen LogP contribution in [0, 0.1) is 13.8 Å². The summed E-state index contributed by atoms with van der Waals surface area (Å²) in [5.41, 5.74) is 0.998. The molecule has 0 fully saturated rings. The lowest BCUT2D eigenvalue weighted by molar-refractivity contribution is 0.888. The number of halogens is 1. The Morgan fingerprint density at radius 2 is 2.00 bits per heavy atom. The van der Waals surface area contributed by atoms with Crippen LogP contribution < -0.4 is 0 Å². The molecule has 0 bridgehead atoms. The molecule has 1 rings (SSSR count). The summed E-state index contributed by atoms with van der Waals surface area (Å²) in [6, 6.07) is 0. The van der Waals surface area contributed by atoms with E-state index in [2.05, 4.69) is 16.9 Å². The van der Waals surface area contributed by atoms with Gasteiger partial charge in [0.15, 0.2) is 0 Å². The van der Waals surface area contributed by atoms with Crippen LogP contribution in [0.3, 0.4) is 0 Å². The average Bonchev–Trinajstić information content (AvgIpc) is 2.13. The molecular formula is C10H15ClN2S. The minimum atomic E-state index is 0.580. The lowest BCUT2D eigenvalue weighted by Crippen LogP contribution is -1.95. The number of aromatic nitrogens is 2. The zero-order valence-electron chi connectivity index (χ0n) is 8.80. The van der Waals surface area contributed by atoms with Crippen LogP contribution in [0.15, 0.2) is 5.03 Å². The van der Waals surface area contributed by atoms with Crippen LogP contribution in [-0.2, 0) is 0 Å². The first kappa shape index (κ1) is 11.8. The highest BCUT2D eigenvalue weighted by Crippen LogP contribution is 2.25. The molecule has 0 amide bonds. The minimum Gasteiger partial charge on any atom is -0.227 e. The van der Waals surface area contributed by atoms with Crippen molar-refractivity contribution in [1.29, 1.82) is 0 Å². The Morgan fingerprint density at radius 1 is 1.29 bits per heavy atom. The molecule has 0 radical (unpaired) electrons.